The third-order valence-corrected chi connectivity index (χ3v) is 3.05. The second-order valence-electron chi connectivity index (χ2n) is 5.66. The van der Waals surface area contributed by atoms with Gasteiger partial charge in [0.15, 0.2) is 0 Å². The first-order chi connectivity index (χ1) is 9.43. The fourth-order valence-corrected chi connectivity index (χ4v) is 1.89. The minimum atomic E-state index is -0.0449. The molecular formula is C16H26N2O2. The highest BCUT2D eigenvalue weighted by Crippen LogP contribution is 2.15. The van der Waals surface area contributed by atoms with Crippen molar-refractivity contribution in [1.82, 2.24) is 5.32 Å². The highest BCUT2D eigenvalue weighted by molar-refractivity contribution is 5.95. The van der Waals surface area contributed by atoms with Crippen molar-refractivity contribution in [2.45, 2.75) is 39.8 Å². The van der Waals surface area contributed by atoms with Gasteiger partial charge in [-0.05, 0) is 38.0 Å². The Morgan fingerprint density at radius 2 is 1.95 bits per heavy atom. The Morgan fingerprint density at radius 3 is 2.50 bits per heavy atom. The quantitative estimate of drug-likeness (QED) is 0.806. The van der Waals surface area contributed by atoms with E-state index in [0.717, 1.165) is 5.69 Å². The highest BCUT2D eigenvalue weighted by Gasteiger charge is 2.14. The molecule has 0 saturated carbocycles. The number of carbonyl (C=O) groups is 1. The average Bonchev–Trinajstić information content (AvgIpc) is 2.37. The van der Waals surface area contributed by atoms with Crippen LogP contribution in [-0.2, 0) is 4.74 Å². The summed E-state index contributed by atoms with van der Waals surface area (Å²) in [7, 11) is 1.70. The molecule has 0 aliphatic carbocycles. The van der Waals surface area contributed by atoms with Crippen molar-refractivity contribution < 1.29 is 9.53 Å². The summed E-state index contributed by atoms with van der Waals surface area (Å²) in [4.78, 5) is 12.0. The van der Waals surface area contributed by atoms with Gasteiger partial charge in [0.2, 0.25) is 0 Å². The topological polar surface area (TPSA) is 50.4 Å². The van der Waals surface area contributed by atoms with Crippen LogP contribution in [0.15, 0.2) is 24.3 Å². The van der Waals surface area contributed by atoms with Crippen molar-refractivity contribution in [2.75, 3.05) is 19.0 Å². The minimum absolute atomic E-state index is 0.0449. The number of hydrogen-bond donors (Lipinski definition) is 2. The number of anilines is 1. The molecule has 4 heteroatoms. The Balaban J connectivity index is 2.79. The first-order valence-electron chi connectivity index (χ1n) is 7.10. The molecule has 1 unspecified atom stereocenters. The van der Waals surface area contributed by atoms with Crippen LogP contribution in [0.2, 0.25) is 0 Å². The lowest BCUT2D eigenvalue weighted by Gasteiger charge is -2.23. The molecule has 4 nitrogen and oxygen atoms in total. The van der Waals surface area contributed by atoms with Gasteiger partial charge in [-0.25, -0.2) is 0 Å². The van der Waals surface area contributed by atoms with E-state index in [4.69, 9.17) is 4.74 Å². The Kier molecular flexibility index (Phi) is 6.52. The van der Waals surface area contributed by atoms with E-state index in [1.165, 1.54) is 0 Å². The zero-order chi connectivity index (χ0) is 15.1. The summed E-state index contributed by atoms with van der Waals surface area (Å²) in [6.07, 6.45) is 0. The predicted octanol–water partition coefficient (Wildman–Crippen LogP) is 2.91. The van der Waals surface area contributed by atoms with Crippen LogP contribution < -0.4 is 10.6 Å². The maximum absolute atomic E-state index is 12.0. The van der Waals surface area contributed by atoms with E-state index in [0.29, 0.717) is 18.1 Å². The lowest BCUT2D eigenvalue weighted by Crippen LogP contribution is -2.31. The van der Waals surface area contributed by atoms with Gasteiger partial charge in [0, 0.05) is 24.4 Å². The van der Waals surface area contributed by atoms with Crippen molar-refractivity contribution in [3.05, 3.63) is 29.8 Å². The molecule has 112 valence electrons. The van der Waals surface area contributed by atoms with E-state index < -0.39 is 0 Å². The molecule has 0 aliphatic heterocycles. The number of rotatable bonds is 7. The SMILES string of the molecule is COCC(Nc1cccc(C(=O)NC(C)C)c1)C(C)C. The van der Waals surface area contributed by atoms with Crippen LogP contribution in [0, 0.1) is 5.92 Å². The van der Waals surface area contributed by atoms with E-state index >= 15 is 0 Å². The smallest absolute Gasteiger partial charge is 0.251 e. The molecule has 0 saturated heterocycles. The van der Waals surface area contributed by atoms with E-state index in [1.54, 1.807) is 7.11 Å². The van der Waals surface area contributed by atoms with Crippen LogP contribution in [0.4, 0.5) is 5.69 Å². The predicted molar refractivity (Wildman–Crippen MR) is 83.2 cm³/mol. The molecule has 0 heterocycles. The first-order valence-corrected chi connectivity index (χ1v) is 7.10. The normalized spacial score (nSPS) is 12.6. The molecule has 0 bridgehead atoms. The van der Waals surface area contributed by atoms with Crippen molar-refractivity contribution in [3.8, 4) is 0 Å². The number of carbonyl (C=O) groups excluding carboxylic acids is 1. The molecule has 1 aromatic rings. The summed E-state index contributed by atoms with van der Waals surface area (Å²) in [5, 5.41) is 6.32. The van der Waals surface area contributed by atoms with Gasteiger partial charge in [0.05, 0.1) is 12.6 Å². The van der Waals surface area contributed by atoms with Crippen LogP contribution in [0.3, 0.4) is 0 Å². The number of nitrogens with one attached hydrogen (secondary N) is 2. The number of amides is 1. The van der Waals surface area contributed by atoms with Gasteiger partial charge in [0.1, 0.15) is 0 Å². The number of ether oxygens (including phenoxy) is 1. The molecule has 0 spiro atoms. The zero-order valence-corrected chi connectivity index (χ0v) is 13.1. The summed E-state index contributed by atoms with van der Waals surface area (Å²) < 4.78 is 5.23. The van der Waals surface area contributed by atoms with Crippen LogP contribution in [0.5, 0.6) is 0 Å². The first kappa shape index (κ1) is 16.5. The van der Waals surface area contributed by atoms with Gasteiger partial charge < -0.3 is 15.4 Å². The third kappa shape index (κ3) is 5.21. The standard InChI is InChI=1S/C16H26N2O2/c1-11(2)15(10-20-5)18-14-8-6-7-13(9-14)16(19)17-12(3)4/h6-9,11-12,15,18H,10H2,1-5H3,(H,17,19). The molecule has 0 aromatic heterocycles. The number of benzene rings is 1. The Morgan fingerprint density at radius 1 is 1.25 bits per heavy atom. The lowest BCUT2D eigenvalue weighted by atomic mass is 10.0. The number of methoxy groups -OCH3 is 1. The molecule has 0 aliphatic rings. The van der Waals surface area contributed by atoms with Crippen molar-refractivity contribution >= 4 is 11.6 Å². The van der Waals surface area contributed by atoms with Crippen molar-refractivity contribution in [1.29, 1.82) is 0 Å². The number of hydrogen-bond acceptors (Lipinski definition) is 3. The second kappa shape index (κ2) is 7.90. The van der Waals surface area contributed by atoms with E-state index in [2.05, 4.69) is 24.5 Å². The molecule has 0 fully saturated rings. The molecular weight excluding hydrogens is 252 g/mol. The summed E-state index contributed by atoms with van der Waals surface area (Å²) >= 11 is 0. The van der Waals surface area contributed by atoms with Crippen molar-refractivity contribution in [2.24, 2.45) is 5.92 Å². The summed E-state index contributed by atoms with van der Waals surface area (Å²) in [5.41, 5.74) is 1.61. The Labute approximate surface area is 121 Å². The van der Waals surface area contributed by atoms with Crippen molar-refractivity contribution in [3.63, 3.8) is 0 Å². The van der Waals surface area contributed by atoms with Crippen LogP contribution in [0.25, 0.3) is 0 Å². The fourth-order valence-electron chi connectivity index (χ4n) is 1.89. The molecule has 1 atom stereocenters. The second-order valence-corrected chi connectivity index (χ2v) is 5.66. The molecule has 20 heavy (non-hydrogen) atoms. The summed E-state index contributed by atoms with van der Waals surface area (Å²) in [5.74, 6) is 0.402. The van der Waals surface area contributed by atoms with Gasteiger partial charge in [-0.1, -0.05) is 19.9 Å². The highest BCUT2D eigenvalue weighted by atomic mass is 16.5. The van der Waals surface area contributed by atoms with Gasteiger partial charge in [-0.2, -0.15) is 0 Å². The summed E-state index contributed by atoms with van der Waals surface area (Å²) in [6.45, 7) is 8.83. The van der Waals surface area contributed by atoms with Crippen LogP contribution in [-0.4, -0.2) is 31.7 Å². The maximum atomic E-state index is 12.0. The third-order valence-electron chi connectivity index (χ3n) is 3.05. The summed E-state index contributed by atoms with van der Waals surface area (Å²) in [6, 6.07) is 7.92. The fraction of sp³-hybridized carbons (Fsp3) is 0.562. The average molecular weight is 278 g/mol. The van der Waals surface area contributed by atoms with Gasteiger partial charge >= 0.3 is 0 Å². The van der Waals surface area contributed by atoms with E-state index in [-0.39, 0.29) is 18.0 Å². The van der Waals surface area contributed by atoms with Gasteiger partial charge in [-0.3, -0.25) is 4.79 Å². The van der Waals surface area contributed by atoms with E-state index in [1.807, 2.05) is 38.1 Å². The van der Waals surface area contributed by atoms with Crippen LogP contribution >= 0.6 is 0 Å². The van der Waals surface area contributed by atoms with Gasteiger partial charge in [0.25, 0.3) is 5.91 Å². The molecule has 1 aromatic carbocycles. The Bertz CT molecular complexity index is 430. The van der Waals surface area contributed by atoms with Gasteiger partial charge in [-0.15, -0.1) is 0 Å². The molecule has 1 rings (SSSR count). The largest absolute Gasteiger partial charge is 0.383 e. The molecule has 2 N–H and O–H groups in total. The maximum Gasteiger partial charge on any atom is 0.251 e. The van der Waals surface area contributed by atoms with E-state index in [9.17, 15) is 4.79 Å². The monoisotopic (exact) mass is 278 g/mol. The minimum Gasteiger partial charge on any atom is -0.383 e. The van der Waals surface area contributed by atoms with Crippen LogP contribution in [0.1, 0.15) is 38.1 Å². The molecule has 1 amide bonds. The molecule has 0 radical (unpaired) electrons. The lowest BCUT2D eigenvalue weighted by molar-refractivity contribution is 0.0943. The Hall–Kier alpha value is -1.55. The zero-order valence-electron chi connectivity index (χ0n) is 13.1.